The number of alkyl carbamates (subject to hydrolysis) is 1. The van der Waals surface area contributed by atoms with E-state index in [4.69, 9.17) is 15.6 Å². The van der Waals surface area contributed by atoms with E-state index in [-0.39, 0.29) is 12.5 Å². The Morgan fingerprint density at radius 2 is 1.62 bits per heavy atom. The number of amides is 2. The Morgan fingerprint density at radius 1 is 1.08 bits per heavy atom. The van der Waals surface area contributed by atoms with E-state index in [1.807, 2.05) is 53.8 Å². The second-order valence-electron chi connectivity index (χ2n) is 5.60. The number of nitrogens with two attached hydrogens (primary N) is 1. The molecule has 124 valence electrons. The first-order valence-corrected chi connectivity index (χ1v) is 7.64. The third-order valence-corrected chi connectivity index (χ3v) is 4.10. The summed E-state index contributed by atoms with van der Waals surface area (Å²) < 4.78 is 5.20. The van der Waals surface area contributed by atoms with E-state index in [1.165, 1.54) is 0 Å². The summed E-state index contributed by atoms with van der Waals surface area (Å²) in [7, 11) is 0. The van der Waals surface area contributed by atoms with E-state index < -0.39 is 24.6 Å². The Hall–Kier alpha value is -2.70. The highest BCUT2D eigenvalue weighted by Gasteiger charge is 2.29. The number of rotatable bonds is 4. The number of carbonyl (C=O) groups excluding carboxylic acids is 2. The van der Waals surface area contributed by atoms with E-state index in [2.05, 4.69) is 0 Å². The van der Waals surface area contributed by atoms with Crippen LogP contribution in [-0.2, 0) is 9.53 Å². The molecule has 0 heterocycles. The molecule has 0 radical (unpaired) electrons. The van der Waals surface area contributed by atoms with Crippen molar-refractivity contribution in [1.82, 2.24) is 5.32 Å². The van der Waals surface area contributed by atoms with Gasteiger partial charge in [0.1, 0.15) is 12.6 Å². The molecule has 0 bridgehead atoms. The normalized spacial score (nSPS) is 13.8. The van der Waals surface area contributed by atoms with Crippen molar-refractivity contribution in [3.8, 4) is 11.1 Å². The Kier molecular flexibility index (Phi) is 4.59. The molecule has 2 aromatic rings. The van der Waals surface area contributed by atoms with Crippen LogP contribution in [0.3, 0.4) is 0 Å². The Bertz CT molecular complexity index is 730. The van der Waals surface area contributed by atoms with Gasteiger partial charge >= 0.3 is 6.09 Å². The second-order valence-corrected chi connectivity index (χ2v) is 5.60. The zero-order valence-electron chi connectivity index (χ0n) is 12.9. The maximum atomic E-state index is 11.8. The standard InChI is InChI=1S/C18H18N2O4/c19-16(9-21)17(22)20-18(23)24-10-15-13-7-3-1-5-11(13)12-6-2-4-8-14(12)15/h1-8,15-16,21H,9-10,19H2,(H,20,22,23)/t16-/m0/s1. The first kappa shape index (κ1) is 16.2. The number of carbonyl (C=O) groups is 2. The number of hydrogen-bond donors (Lipinski definition) is 3. The van der Waals surface area contributed by atoms with E-state index in [0.717, 1.165) is 22.3 Å². The summed E-state index contributed by atoms with van der Waals surface area (Å²) in [6.45, 7) is -0.427. The molecule has 0 aliphatic heterocycles. The van der Waals surface area contributed by atoms with Crippen LogP contribution in [0.1, 0.15) is 17.0 Å². The Morgan fingerprint density at radius 3 is 2.17 bits per heavy atom. The minimum atomic E-state index is -1.15. The first-order valence-electron chi connectivity index (χ1n) is 7.64. The molecule has 3 rings (SSSR count). The monoisotopic (exact) mass is 326 g/mol. The molecule has 0 unspecified atom stereocenters. The fourth-order valence-electron chi connectivity index (χ4n) is 2.91. The third kappa shape index (κ3) is 3.02. The number of nitrogens with one attached hydrogen (secondary N) is 1. The quantitative estimate of drug-likeness (QED) is 0.788. The summed E-state index contributed by atoms with van der Waals surface area (Å²) in [6.07, 6.45) is -0.870. The number of hydrogen-bond acceptors (Lipinski definition) is 5. The number of imide groups is 1. The number of fused-ring (bicyclic) bond motifs is 3. The lowest BCUT2D eigenvalue weighted by Gasteiger charge is -2.15. The van der Waals surface area contributed by atoms with E-state index in [0.29, 0.717) is 0 Å². The van der Waals surface area contributed by atoms with E-state index in [1.54, 1.807) is 0 Å². The van der Waals surface area contributed by atoms with Crippen LogP contribution in [-0.4, -0.2) is 36.4 Å². The van der Waals surface area contributed by atoms with Gasteiger partial charge in [-0.25, -0.2) is 4.79 Å². The third-order valence-electron chi connectivity index (χ3n) is 4.10. The molecule has 0 spiro atoms. The minimum Gasteiger partial charge on any atom is -0.448 e. The number of aliphatic hydroxyl groups is 1. The van der Waals surface area contributed by atoms with E-state index >= 15 is 0 Å². The first-order chi connectivity index (χ1) is 11.6. The van der Waals surface area contributed by atoms with Crippen LogP contribution < -0.4 is 11.1 Å². The Labute approximate surface area is 139 Å². The van der Waals surface area contributed by atoms with Gasteiger partial charge in [0.2, 0.25) is 5.91 Å². The molecule has 2 amide bonds. The molecular weight excluding hydrogens is 308 g/mol. The fraction of sp³-hybridized carbons (Fsp3) is 0.222. The average Bonchev–Trinajstić information content (AvgIpc) is 2.93. The largest absolute Gasteiger partial charge is 0.448 e. The van der Waals surface area contributed by atoms with E-state index in [9.17, 15) is 9.59 Å². The second kappa shape index (κ2) is 6.82. The van der Waals surface area contributed by atoms with Crippen LogP contribution in [0.5, 0.6) is 0 Å². The predicted octanol–water partition coefficient (Wildman–Crippen LogP) is 1.37. The zero-order chi connectivity index (χ0) is 17.1. The molecule has 1 aliphatic carbocycles. The van der Waals surface area contributed by atoms with Crippen LogP contribution in [0.4, 0.5) is 4.79 Å². The van der Waals surface area contributed by atoms with Crippen molar-refractivity contribution in [2.45, 2.75) is 12.0 Å². The molecule has 6 heteroatoms. The van der Waals surface area contributed by atoms with Gasteiger partial charge in [-0.2, -0.15) is 0 Å². The Balaban J connectivity index is 1.72. The predicted molar refractivity (Wildman–Crippen MR) is 88.3 cm³/mol. The van der Waals surface area contributed by atoms with Crippen molar-refractivity contribution in [3.05, 3.63) is 59.7 Å². The summed E-state index contributed by atoms with van der Waals surface area (Å²) in [5, 5.41) is 10.8. The highest BCUT2D eigenvalue weighted by atomic mass is 16.5. The zero-order valence-corrected chi connectivity index (χ0v) is 12.9. The van der Waals surface area contributed by atoms with Crippen molar-refractivity contribution in [2.75, 3.05) is 13.2 Å². The highest BCUT2D eigenvalue weighted by molar-refractivity contribution is 5.94. The molecular formula is C18H18N2O4. The smallest absolute Gasteiger partial charge is 0.413 e. The molecule has 2 aromatic carbocycles. The van der Waals surface area contributed by atoms with Gasteiger partial charge in [0.05, 0.1) is 6.61 Å². The van der Waals surface area contributed by atoms with Gasteiger partial charge in [-0.1, -0.05) is 48.5 Å². The summed E-state index contributed by atoms with van der Waals surface area (Å²) in [4.78, 5) is 23.2. The van der Waals surface area contributed by atoms with Gasteiger partial charge in [0.25, 0.3) is 0 Å². The number of aliphatic hydroxyl groups excluding tert-OH is 1. The van der Waals surface area contributed by atoms with Gasteiger partial charge in [-0.15, -0.1) is 0 Å². The molecule has 0 fully saturated rings. The summed E-state index contributed by atoms with van der Waals surface area (Å²) >= 11 is 0. The van der Waals surface area contributed by atoms with Crippen LogP contribution in [0.25, 0.3) is 11.1 Å². The van der Waals surface area contributed by atoms with Crippen molar-refractivity contribution in [2.24, 2.45) is 5.73 Å². The summed E-state index contributed by atoms with van der Waals surface area (Å²) in [5.41, 5.74) is 9.77. The van der Waals surface area contributed by atoms with Crippen LogP contribution in [0.2, 0.25) is 0 Å². The molecule has 24 heavy (non-hydrogen) atoms. The maximum Gasteiger partial charge on any atom is 0.413 e. The summed E-state index contributed by atoms with van der Waals surface area (Å²) in [5.74, 6) is -0.848. The lowest BCUT2D eigenvalue weighted by molar-refractivity contribution is -0.122. The number of benzene rings is 2. The van der Waals surface area contributed by atoms with Gasteiger partial charge < -0.3 is 15.6 Å². The van der Waals surface area contributed by atoms with Crippen molar-refractivity contribution >= 4 is 12.0 Å². The molecule has 0 aromatic heterocycles. The molecule has 0 saturated carbocycles. The maximum absolute atomic E-state index is 11.8. The van der Waals surface area contributed by atoms with Crippen molar-refractivity contribution < 1.29 is 19.4 Å². The minimum absolute atomic E-state index is 0.0789. The number of ether oxygens (including phenoxy) is 1. The van der Waals surface area contributed by atoms with Crippen LogP contribution >= 0.6 is 0 Å². The average molecular weight is 326 g/mol. The van der Waals surface area contributed by atoms with Crippen LogP contribution in [0.15, 0.2) is 48.5 Å². The SMILES string of the molecule is N[C@@H](CO)C(=O)NC(=O)OCC1c2ccccc2-c2ccccc21. The molecule has 4 N–H and O–H groups in total. The molecule has 1 aliphatic rings. The topological polar surface area (TPSA) is 102 Å². The molecule has 0 saturated heterocycles. The fourth-order valence-corrected chi connectivity index (χ4v) is 2.91. The highest BCUT2D eigenvalue weighted by Crippen LogP contribution is 2.44. The summed E-state index contributed by atoms with van der Waals surface area (Å²) in [6, 6.07) is 14.8. The van der Waals surface area contributed by atoms with Crippen LogP contribution in [0, 0.1) is 0 Å². The molecule has 6 nitrogen and oxygen atoms in total. The van der Waals surface area contributed by atoms with Crippen molar-refractivity contribution in [1.29, 1.82) is 0 Å². The van der Waals surface area contributed by atoms with Gasteiger partial charge in [0, 0.05) is 5.92 Å². The van der Waals surface area contributed by atoms with Gasteiger partial charge in [0.15, 0.2) is 0 Å². The van der Waals surface area contributed by atoms with Gasteiger partial charge in [-0.05, 0) is 22.3 Å². The lowest BCUT2D eigenvalue weighted by Crippen LogP contribution is -2.45. The van der Waals surface area contributed by atoms with Gasteiger partial charge in [-0.3, -0.25) is 10.1 Å². The molecule has 1 atom stereocenters. The lowest BCUT2D eigenvalue weighted by atomic mass is 9.98. The van der Waals surface area contributed by atoms with Crippen molar-refractivity contribution in [3.63, 3.8) is 0 Å².